The Hall–Kier alpha value is -2.27. The van der Waals surface area contributed by atoms with Crippen LogP contribution in [0.4, 0.5) is 11.4 Å². The predicted octanol–water partition coefficient (Wildman–Crippen LogP) is 3.48. The molecule has 0 aliphatic carbocycles. The molecule has 0 radical (unpaired) electrons. The molecule has 1 N–H and O–H groups in total. The van der Waals surface area contributed by atoms with Crippen LogP contribution in [0.2, 0.25) is 0 Å². The van der Waals surface area contributed by atoms with Crippen molar-refractivity contribution in [2.75, 3.05) is 24.1 Å². The summed E-state index contributed by atoms with van der Waals surface area (Å²) in [5, 5.41) is 3.21. The zero-order chi connectivity index (χ0) is 19.7. The van der Waals surface area contributed by atoms with Gasteiger partial charge < -0.3 is 14.8 Å². The predicted molar refractivity (Wildman–Crippen MR) is 117 cm³/mol. The number of rotatable bonds is 3. The first-order chi connectivity index (χ1) is 13.5. The van der Waals surface area contributed by atoms with Crippen LogP contribution in [-0.2, 0) is 9.59 Å². The van der Waals surface area contributed by atoms with E-state index >= 15 is 0 Å². The summed E-state index contributed by atoms with van der Waals surface area (Å²) < 4.78 is 11.7. The number of amides is 2. The number of halogens is 1. The van der Waals surface area contributed by atoms with Gasteiger partial charge in [0.15, 0.2) is 16.7 Å². The minimum absolute atomic E-state index is 0.136. The van der Waals surface area contributed by atoms with Gasteiger partial charge in [-0.05, 0) is 59.0 Å². The first kappa shape index (κ1) is 19.1. The number of nitrogens with zero attached hydrogens (tertiary/aromatic N) is 2. The molecule has 0 saturated carbocycles. The van der Waals surface area contributed by atoms with Crippen LogP contribution in [0.3, 0.4) is 0 Å². The largest absolute Gasteiger partial charge is 0.454 e. The second-order valence-corrected chi connectivity index (χ2v) is 8.51. The smallest absolute Gasteiger partial charge is 0.247 e. The van der Waals surface area contributed by atoms with E-state index in [1.807, 2.05) is 30.3 Å². The monoisotopic (exact) mass is 509 g/mol. The zero-order valence-electron chi connectivity index (χ0n) is 14.8. The molecule has 9 heteroatoms. The Morgan fingerprint density at radius 3 is 2.68 bits per heavy atom. The molecule has 1 atom stereocenters. The molecular weight excluding hydrogens is 493 g/mol. The molecule has 1 unspecified atom stereocenters. The molecular formula is C19H16IN3O4S. The van der Waals surface area contributed by atoms with Crippen molar-refractivity contribution in [2.45, 2.75) is 11.7 Å². The third kappa shape index (κ3) is 3.81. The first-order valence-electron chi connectivity index (χ1n) is 8.47. The number of fused-ring (bicyclic) bond motifs is 1. The van der Waals surface area contributed by atoms with Gasteiger partial charge in [-0.25, -0.2) is 4.90 Å². The van der Waals surface area contributed by atoms with Crippen molar-refractivity contribution < 1.29 is 19.1 Å². The standard InChI is InChI=1S/C19H16IN3O4S/c1-21-19(22-12-4-7-14-15(8-12)27-10-26-14)28-16-9-17(24)23(18(16)25)13-5-2-11(20)3-6-13/h2-8,16H,9-10H2,1H3,(H,21,22). The Morgan fingerprint density at radius 1 is 1.18 bits per heavy atom. The number of carbonyl (C=O) groups is 2. The minimum Gasteiger partial charge on any atom is -0.454 e. The van der Waals surface area contributed by atoms with E-state index in [-0.39, 0.29) is 25.0 Å². The molecule has 2 aromatic rings. The number of ether oxygens (including phenoxy) is 2. The first-order valence-corrected chi connectivity index (χ1v) is 10.4. The van der Waals surface area contributed by atoms with E-state index in [9.17, 15) is 9.59 Å². The highest BCUT2D eigenvalue weighted by Crippen LogP contribution is 2.35. The van der Waals surface area contributed by atoms with Gasteiger partial charge in [0.2, 0.25) is 18.6 Å². The fourth-order valence-electron chi connectivity index (χ4n) is 2.93. The number of aliphatic imine (C=N–C) groups is 1. The highest BCUT2D eigenvalue weighted by molar-refractivity contribution is 14.1. The number of hydrogen-bond acceptors (Lipinski definition) is 6. The van der Waals surface area contributed by atoms with E-state index in [1.165, 1.54) is 16.7 Å². The van der Waals surface area contributed by atoms with Crippen LogP contribution >= 0.6 is 34.4 Å². The van der Waals surface area contributed by atoms with Gasteiger partial charge in [0, 0.05) is 28.8 Å². The molecule has 0 bridgehead atoms. The molecule has 1 saturated heterocycles. The van der Waals surface area contributed by atoms with Gasteiger partial charge in [0.25, 0.3) is 0 Å². The molecule has 1 fully saturated rings. The maximum absolute atomic E-state index is 12.8. The van der Waals surface area contributed by atoms with Crippen molar-refractivity contribution in [1.82, 2.24) is 0 Å². The quantitative estimate of drug-likeness (QED) is 0.296. The fourth-order valence-corrected chi connectivity index (χ4v) is 4.27. The highest BCUT2D eigenvalue weighted by Gasteiger charge is 2.40. The number of imide groups is 1. The second kappa shape index (κ2) is 8.00. The maximum atomic E-state index is 12.8. The second-order valence-electron chi connectivity index (χ2n) is 6.08. The number of benzene rings is 2. The van der Waals surface area contributed by atoms with Crippen LogP contribution in [-0.4, -0.2) is 36.1 Å². The van der Waals surface area contributed by atoms with Gasteiger partial charge in [0.1, 0.15) is 5.25 Å². The summed E-state index contributed by atoms with van der Waals surface area (Å²) in [7, 11) is 1.64. The van der Waals surface area contributed by atoms with E-state index in [0.717, 1.165) is 9.26 Å². The van der Waals surface area contributed by atoms with E-state index in [4.69, 9.17) is 9.47 Å². The van der Waals surface area contributed by atoms with Crippen LogP contribution < -0.4 is 19.7 Å². The summed E-state index contributed by atoms with van der Waals surface area (Å²) in [5.74, 6) is 0.910. The van der Waals surface area contributed by atoms with Gasteiger partial charge in [0.05, 0.1) is 5.69 Å². The van der Waals surface area contributed by atoms with E-state index in [2.05, 4.69) is 32.9 Å². The lowest BCUT2D eigenvalue weighted by atomic mass is 10.3. The molecule has 2 aromatic carbocycles. The summed E-state index contributed by atoms with van der Waals surface area (Å²) in [4.78, 5) is 30.7. The topological polar surface area (TPSA) is 80.2 Å². The van der Waals surface area contributed by atoms with Crippen molar-refractivity contribution in [3.8, 4) is 11.5 Å². The number of carbonyl (C=O) groups excluding carboxylic acids is 2. The summed E-state index contributed by atoms with van der Waals surface area (Å²) >= 11 is 3.43. The fraction of sp³-hybridized carbons (Fsp3) is 0.211. The maximum Gasteiger partial charge on any atom is 0.247 e. The third-order valence-electron chi connectivity index (χ3n) is 4.27. The Labute approximate surface area is 179 Å². The molecule has 7 nitrogen and oxygen atoms in total. The molecule has 2 amide bonds. The lowest BCUT2D eigenvalue weighted by Gasteiger charge is -2.16. The zero-order valence-corrected chi connectivity index (χ0v) is 17.8. The SMILES string of the molecule is CN=C(Nc1ccc2c(c1)OCO2)SC1CC(=O)N(c2ccc(I)cc2)C1=O. The highest BCUT2D eigenvalue weighted by atomic mass is 127. The summed E-state index contributed by atoms with van der Waals surface area (Å²) in [6, 6.07) is 12.8. The Kier molecular flexibility index (Phi) is 5.44. The van der Waals surface area contributed by atoms with Crippen LogP contribution in [0, 0.1) is 3.57 Å². The number of amidine groups is 1. The van der Waals surface area contributed by atoms with Gasteiger partial charge in [-0.3, -0.25) is 14.6 Å². The van der Waals surface area contributed by atoms with Crippen molar-refractivity contribution in [3.63, 3.8) is 0 Å². The van der Waals surface area contributed by atoms with Crippen molar-refractivity contribution >= 4 is 62.7 Å². The number of hydrogen-bond donors (Lipinski definition) is 1. The third-order valence-corrected chi connectivity index (χ3v) is 6.15. The molecule has 2 heterocycles. The van der Waals surface area contributed by atoms with Crippen LogP contribution in [0.5, 0.6) is 11.5 Å². The number of thioether (sulfide) groups is 1. The van der Waals surface area contributed by atoms with Crippen LogP contribution in [0.15, 0.2) is 47.5 Å². The number of nitrogens with one attached hydrogen (secondary N) is 1. The normalized spacial score (nSPS) is 18.7. The molecule has 2 aliphatic rings. The summed E-state index contributed by atoms with van der Waals surface area (Å²) in [6.45, 7) is 0.204. The lowest BCUT2D eigenvalue weighted by Crippen LogP contribution is -2.31. The Balaban J connectivity index is 1.46. The van der Waals surface area contributed by atoms with Gasteiger partial charge in [-0.2, -0.15) is 0 Å². The van der Waals surface area contributed by atoms with Crippen LogP contribution in [0.1, 0.15) is 6.42 Å². The Morgan fingerprint density at radius 2 is 1.93 bits per heavy atom. The van der Waals surface area contributed by atoms with Crippen molar-refractivity contribution in [3.05, 3.63) is 46.0 Å². The Bertz CT molecular complexity index is 964. The molecule has 4 rings (SSSR count). The average molecular weight is 509 g/mol. The van der Waals surface area contributed by atoms with Crippen molar-refractivity contribution in [2.24, 2.45) is 4.99 Å². The molecule has 0 spiro atoms. The average Bonchev–Trinajstić information content (AvgIpc) is 3.26. The molecule has 2 aliphatic heterocycles. The lowest BCUT2D eigenvalue weighted by molar-refractivity contribution is -0.121. The summed E-state index contributed by atoms with van der Waals surface area (Å²) in [5.41, 5.74) is 1.36. The molecule has 144 valence electrons. The number of anilines is 2. The van der Waals surface area contributed by atoms with Gasteiger partial charge in [-0.15, -0.1) is 0 Å². The summed E-state index contributed by atoms with van der Waals surface area (Å²) in [6.07, 6.45) is 0.136. The van der Waals surface area contributed by atoms with E-state index in [0.29, 0.717) is 22.4 Å². The van der Waals surface area contributed by atoms with E-state index in [1.54, 1.807) is 19.2 Å². The molecule has 0 aromatic heterocycles. The van der Waals surface area contributed by atoms with E-state index < -0.39 is 5.25 Å². The van der Waals surface area contributed by atoms with Crippen molar-refractivity contribution in [1.29, 1.82) is 0 Å². The van der Waals surface area contributed by atoms with Crippen LogP contribution in [0.25, 0.3) is 0 Å². The van der Waals surface area contributed by atoms with Gasteiger partial charge >= 0.3 is 0 Å². The van der Waals surface area contributed by atoms with Gasteiger partial charge in [-0.1, -0.05) is 11.8 Å². The molecule has 28 heavy (non-hydrogen) atoms. The minimum atomic E-state index is -0.521.